The third kappa shape index (κ3) is 4.11. The molecule has 1 aromatic carbocycles. The monoisotopic (exact) mass is 239 g/mol. The van der Waals surface area contributed by atoms with E-state index >= 15 is 0 Å². The normalized spacial score (nSPS) is 10.1. The Hall–Kier alpha value is -1.22. The van der Waals surface area contributed by atoms with Crippen molar-refractivity contribution in [2.24, 2.45) is 16.5 Å². The van der Waals surface area contributed by atoms with Gasteiger partial charge in [0.1, 0.15) is 0 Å². The summed E-state index contributed by atoms with van der Waals surface area (Å²) in [6, 6.07) is 6.00. The van der Waals surface area contributed by atoms with Crippen LogP contribution in [-0.2, 0) is 13.0 Å². The molecule has 0 bridgehead atoms. The van der Waals surface area contributed by atoms with Gasteiger partial charge in [-0.15, -0.1) is 0 Å². The number of benzene rings is 1. The van der Waals surface area contributed by atoms with E-state index in [2.05, 4.69) is 18.0 Å². The Labute approximate surface area is 101 Å². The second kappa shape index (κ2) is 6.38. The SMILES string of the molecule is CCCCc1ccc(CN=C(N)N)cc1Cl. The van der Waals surface area contributed by atoms with Gasteiger partial charge in [-0.05, 0) is 30.0 Å². The first-order chi connectivity index (χ1) is 7.63. The molecule has 0 aliphatic carbocycles. The van der Waals surface area contributed by atoms with Crippen molar-refractivity contribution in [3.8, 4) is 0 Å². The van der Waals surface area contributed by atoms with E-state index in [0.717, 1.165) is 23.4 Å². The molecule has 0 spiro atoms. The van der Waals surface area contributed by atoms with Crippen LogP contribution in [0.2, 0.25) is 5.02 Å². The average Bonchev–Trinajstić information content (AvgIpc) is 2.25. The van der Waals surface area contributed by atoms with Crippen LogP contribution in [0.5, 0.6) is 0 Å². The molecule has 4 heteroatoms. The maximum absolute atomic E-state index is 6.17. The van der Waals surface area contributed by atoms with Crippen LogP contribution in [0.25, 0.3) is 0 Å². The third-order valence-corrected chi connectivity index (χ3v) is 2.71. The molecule has 0 fully saturated rings. The van der Waals surface area contributed by atoms with Gasteiger partial charge in [-0.1, -0.05) is 37.1 Å². The van der Waals surface area contributed by atoms with Crippen molar-refractivity contribution in [2.75, 3.05) is 0 Å². The summed E-state index contributed by atoms with van der Waals surface area (Å²) < 4.78 is 0. The number of guanidine groups is 1. The highest BCUT2D eigenvalue weighted by molar-refractivity contribution is 6.31. The van der Waals surface area contributed by atoms with Crippen molar-refractivity contribution in [1.82, 2.24) is 0 Å². The lowest BCUT2D eigenvalue weighted by Gasteiger charge is -2.05. The van der Waals surface area contributed by atoms with Gasteiger partial charge >= 0.3 is 0 Å². The van der Waals surface area contributed by atoms with Gasteiger partial charge in [0.2, 0.25) is 0 Å². The fourth-order valence-corrected chi connectivity index (χ4v) is 1.74. The summed E-state index contributed by atoms with van der Waals surface area (Å²) in [5.41, 5.74) is 12.8. The molecule has 0 radical (unpaired) electrons. The predicted octanol–water partition coefficient (Wildman–Crippen LogP) is 2.46. The Morgan fingerprint density at radius 3 is 2.69 bits per heavy atom. The molecule has 0 amide bonds. The number of unbranched alkanes of at least 4 members (excludes halogenated alkanes) is 1. The number of aryl methyl sites for hydroxylation is 1. The predicted molar refractivity (Wildman–Crippen MR) is 69.6 cm³/mol. The molecular formula is C12H18ClN3. The maximum atomic E-state index is 6.17. The zero-order chi connectivity index (χ0) is 12.0. The first-order valence-electron chi connectivity index (χ1n) is 5.46. The van der Waals surface area contributed by atoms with Gasteiger partial charge < -0.3 is 11.5 Å². The summed E-state index contributed by atoms with van der Waals surface area (Å²) in [7, 11) is 0. The zero-order valence-corrected chi connectivity index (χ0v) is 10.3. The lowest BCUT2D eigenvalue weighted by molar-refractivity contribution is 0.794. The molecule has 88 valence electrons. The average molecular weight is 240 g/mol. The summed E-state index contributed by atoms with van der Waals surface area (Å²) >= 11 is 6.17. The number of aliphatic imine (C=N–C) groups is 1. The molecule has 1 rings (SSSR count). The Morgan fingerprint density at radius 1 is 1.38 bits per heavy atom. The minimum Gasteiger partial charge on any atom is -0.370 e. The topological polar surface area (TPSA) is 64.4 Å². The van der Waals surface area contributed by atoms with Gasteiger partial charge in [0.25, 0.3) is 0 Å². The fraction of sp³-hybridized carbons (Fsp3) is 0.417. The minimum absolute atomic E-state index is 0.103. The number of nitrogens with zero attached hydrogens (tertiary/aromatic N) is 1. The Balaban J connectivity index is 2.70. The second-order valence-corrected chi connectivity index (χ2v) is 4.18. The smallest absolute Gasteiger partial charge is 0.186 e. The molecule has 1 aromatic rings. The van der Waals surface area contributed by atoms with Crippen LogP contribution in [0, 0.1) is 0 Å². The van der Waals surface area contributed by atoms with Crippen LogP contribution in [0.4, 0.5) is 0 Å². The first-order valence-corrected chi connectivity index (χ1v) is 5.84. The van der Waals surface area contributed by atoms with E-state index in [9.17, 15) is 0 Å². The van der Waals surface area contributed by atoms with E-state index in [1.54, 1.807) is 0 Å². The highest BCUT2D eigenvalue weighted by Gasteiger charge is 2.01. The maximum Gasteiger partial charge on any atom is 0.186 e. The lowest BCUT2D eigenvalue weighted by atomic mass is 10.1. The number of rotatable bonds is 5. The van der Waals surface area contributed by atoms with Gasteiger partial charge in [-0.2, -0.15) is 0 Å². The molecule has 3 nitrogen and oxygen atoms in total. The van der Waals surface area contributed by atoms with Crippen LogP contribution in [0.15, 0.2) is 23.2 Å². The van der Waals surface area contributed by atoms with E-state index in [0.29, 0.717) is 6.54 Å². The van der Waals surface area contributed by atoms with E-state index in [1.807, 2.05) is 12.1 Å². The van der Waals surface area contributed by atoms with Crippen molar-refractivity contribution in [3.05, 3.63) is 34.3 Å². The quantitative estimate of drug-likeness (QED) is 0.612. The van der Waals surface area contributed by atoms with Crippen LogP contribution < -0.4 is 11.5 Å². The molecule has 0 atom stereocenters. The molecule has 0 aromatic heterocycles. The zero-order valence-electron chi connectivity index (χ0n) is 9.54. The summed E-state index contributed by atoms with van der Waals surface area (Å²) in [4.78, 5) is 3.94. The number of hydrogen-bond acceptors (Lipinski definition) is 1. The molecule has 0 heterocycles. The van der Waals surface area contributed by atoms with Gasteiger partial charge in [-0.3, -0.25) is 0 Å². The molecule has 4 N–H and O–H groups in total. The first kappa shape index (κ1) is 12.8. The molecular weight excluding hydrogens is 222 g/mol. The van der Waals surface area contributed by atoms with Crippen LogP contribution in [-0.4, -0.2) is 5.96 Å². The van der Waals surface area contributed by atoms with Crippen LogP contribution in [0.1, 0.15) is 30.9 Å². The summed E-state index contributed by atoms with van der Waals surface area (Å²) in [5.74, 6) is 0.103. The van der Waals surface area contributed by atoms with Crippen molar-refractivity contribution in [3.63, 3.8) is 0 Å². The number of hydrogen-bond donors (Lipinski definition) is 2. The molecule has 0 saturated carbocycles. The van der Waals surface area contributed by atoms with Crippen molar-refractivity contribution < 1.29 is 0 Å². The summed E-state index contributed by atoms with van der Waals surface area (Å²) in [5, 5.41) is 0.803. The van der Waals surface area contributed by atoms with E-state index in [-0.39, 0.29) is 5.96 Å². The summed E-state index contributed by atoms with van der Waals surface area (Å²) in [6.45, 7) is 2.65. The molecule has 0 aliphatic rings. The Bertz CT molecular complexity index is 371. The van der Waals surface area contributed by atoms with Crippen LogP contribution in [0.3, 0.4) is 0 Å². The van der Waals surface area contributed by atoms with Gasteiger partial charge in [0, 0.05) is 5.02 Å². The van der Waals surface area contributed by atoms with E-state index in [4.69, 9.17) is 23.1 Å². The Morgan fingerprint density at radius 2 is 2.12 bits per heavy atom. The minimum atomic E-state index is 0.103. The largest absolute Gasteiger partial charge is 0.370 e. The summed E-state index contributed by atoms with van der Waals surface area (Å²) in [6.07, 6.45) is 3.36. The van der Waals surface area contributed by atoms with Gasteiger partial charge in [0.15, 0.2) is 5.96 Å². The molecule has 0 unspecified atom stereocenters. The standard InChI is InChI=1S/C12H18ClN3/c1-2-3-4-10-6-5-9(7-11(10)13)8-16-12(14)15/h5-7H,2-4,8H2,1H3,(H4,14,15,16). The fourth-order valence-electron chi connectivity index (χ4n) is 1.44. The van der Waals surface area contributed by atoms with E-state index < -0.39 is 0 Å². The highest BCUT2D eigenvalue weighted by Crippen LogP contribution is 2.20. The van der Waals surface area contributed by atoms with E-state index in [1.165, 1.54) is 12.0 Å². The van der Waals surface area contributed by atoms with Gasteiger partial charge in [0.05, 0.1) is 6.54 Å². The van der Waals surface area contributed by atoms with Crippen LogP contribution >= 0.6 is 11.6 Å². The number of halogens is 1. The highest BCUT2D eigenvalue weighted by atomic mass is 35.5. The van der Waals surface area contributed by atoms with Gasteiger partial charge in [-0.25, -0.2) is 4.99 Å². The van der Waals surface area contributed by atoms with Crippen molar-refractivity contribution in [1.29, 1.82) is 0 Å². The third-order valence-electron chi connectivity index (χ3n) is 2.36. The Kier molecular flexibility index (Phi) is 5.12. The second-order valence-electron chi connectivity index (χ2n) is 3.77. The molecule has 0 saturated heterocycles. The number of nitrogens with two attached hydrogens (primary N) is 2. The van der Waals surface area contributed by atoms with Crippen molar-refractivity contribution >= 4 is 17.6 Å². The van der Waals surface area contributed by atoms with Crippen molar-refractivity contribution in [2.45, 2.75) is 32.7 Å². The molecule has 0 aliphatic heterocycles. The molecule has 16 heavy (non-hydrogen) atoms. The lowest BCUT2D eigenvalue weighted by Crippen LogP contribution is -2.22.